The van der Waals surface area contributed by atoms with Gasteiger partial charge in [0.05, 0.1) is 0 Å². The Morgan fingerprint density at radius 1 is 1.32 bits per heavy atom. The third kappa shape index (κ3) is 2.42. The Hall–Kier alpha value is -1.62. The van der Waals surface area contributed by atoms with Crippen molar-refractivity contribution in [2.45, 2.75) is 31.3 Å². The summed E-state index contributed by atoms with van der Waals surface area (Å²) in [5.41, 5.74) is 0.362. The topological polar surface area (TPSA) is 54.3 Å². The molecule has 0 aliphatic carbocycles. The van der Waals surface area contributed by atoms with Crippen molar-refractivity contribution in [3.63, 3.8) is 0 Å². The first-order valence-corrected chi connectivity index (χ1v) is 6.85. The quantitative estimate of drug-likeness (QED) is 0.794. The summed E-state index contributed by atoms with van der Waals surface area (Å²) in [7, 11) is 1.69. The second-order valence-electron chi connectivity index (χ2n) is 5.54. The van der Waals surface area contributed by atoms with Crippen molar-refractivity contribution in [2.24, 2.45) is 7.05 Å². The first-order chi connectivity index (χ1) is 9.13. The molecule has 0 saturated carbocycles. The van der Waals surface area contributed by atoms with Crippen molar-refractivity contribution < 1.29 is 4.79 Å². The zero-order valence-corrected chi connectivity index (χ0v) is 11.1. The number of hydrogen-bond donors (Lipinski definition) is 1. The Kier molecular flexibility index (Phi) is 3.14. The third-order valence-corrected chi connectivity index (χ3v) is 4.16. The molecule has 3 heterocycles. The van der Waals surface area contributed by atoms with Gasteiger partial charge < -0.3 is 14.8 Å². The zero-order chi connectivity index (χ0) is 13.4. The van der Waals surface area contributed by atoms with E-state index < -0.39 is 0 Å². The lowest BCUT2D eigenvalue weighted by Gasteiger charge is -2.24. The number of aryl methyl sites for hydroxylation is 1. The zero-order valence-electron chi connectivity index (χ0n) is 11.1. The van der Waals surface area contributed by atoms with Crippen LogP contribution in [0, 0.1) is 0 Å². The van der Waals surface area contributed by atoms with E-state index in [4.69, 9.17) is 0 Å². The predicted octanol–water partition coefficient (Wildman–Crippen LogP) is 0.352. The highest BCUT2D eigenvalue weighted by Gasteiger charge is 2.31. The highest BCUT2D eigenvalue weighted by Crippen LogP contribution is 2.21. The molecule has 2 unspecified atom stereocenters. The van der Waals surface area contributed by atoms with Crippen molar-refractivity contribution in [1.29, 1.82) is 0 Å². The molecule has 0 spiro atoms. The lowest BCUT2D eigenvalue weighted by molar-refractivity contribution is 0.0748. The van der Waals surface area contributed by atoms with Crippen LogP contribution in [0.3, 0.4) is 0 Å². The summed E-state index contributed by atoms with van der Waals surface area (Å²) in [6.45, 7) is 1.53. The average molecular weight is 261 g/mol. The molecule has 3 rings (SSSR count). The van der Waals surface area contributed by atoms with Crippen LogP contribution in [0.2, 0.25) is 0 Å². The second-order valence-corrected chi connectivity index (χ2v) is 5.54. The molecule has 102 valence electrons. The largest absolute Gasteiger partial charge is 0.337 e. The van der Waals surface area contributed by atoms with E-state index in [9.17, 15) is 9.59 Å². The molecule has 2 fully saturated rings. The number of amides is 1. The fourth-order valence-electron chi connectivity index (χ4n) is 2.99. The fraction of sp³-hybridized carbons (Fsp3) is 0.571. The highest BCUT2D eigenvalue weighted by molar-refractivity contribution is 5.94. The van der Waals surface area contributed by atoms with E-state index in [0.29, 0.717) is 17.6 Å². The van der Waals surface area contributed by atoms with Gasteiger partial charge in [-0.1, -0.05) is 0 Å². The summed E-state index contributed by atoms with van der Waals surface area (Å²) in [4.78, 5) is 25.9. The average Bonchev–Trinajstić information content (AvgIpc) is 2.72. The van der Waals surface area contributed by atoms with E-state index in [2.05, 4.69) is 5.32 Å². The number of nitrogens with zero attached hydrogens (tertiary/aromatic N) is 2. The SMILES string of the molecule is Cn1ccc(C(=O)N2CCC3CCC(C2)N3)cc1=O. The highest BCUT2D eigenvalue weighted by atomic mass is 16.2. The van der Waals surface area contributed by atoms with Crippen LogP contribution in [-0.4, -0.2) is 40.5 Å². The number of hydrogen-bond acceptors (Lipinski definition) is 3. The molecule has 5 heteroatoms. The van der Waals surface area contributed by atoms with E-state index in [1.807, 2.05) is 4.90 Å². The Morgan fingerprint density at radius 3 is 2.89 bits per heavy atom. The van der Waals surface area contributed by atoms with Gasteiger partial charge in [-0.25, -0.2) is 0 Å². The molecule has 1 aromatic heterocycles. The van der Waals surface area contributed by atoms with Crippen molar-refractivity contribution in [3.8, 4) is 0 Å². The maximum Gasteiger partial charge on any atom is 0.254 e. The second kappa shape index (κ2) is 4.81. The number of carbonyl (C=O) groups is 1. The van der Waals surface area contributed by atoms with Gasteiger partial charge in [-0.05, 0) is 25.3 Å². The molecular formula is C14H19N3O2. The van der Waals surface area contributed by atoms with Crippen LogP contribution in [-0.2, 0) is 7.05 Å². The molecule has 1 N–H and O–H groups in total. The summed E-state index contributed by atoms with van der Waals surface area (Å²) in [5, 5.41) is 3.55. The van der Waals surface area contributed by atoms with Crippen molar-refractivity contribution in [1.82, 2.24) is 14.8 Å². The van der Waals surface area contributed by atoms with E-state index >= 15 is 0 Å². The molecule has 2 bridgehead atoms. The van der Waals surface area contributed by atoms with Crippen LogP contribution in [0.15, 0.2) is 23.1 Å². The van der Waals surface area contributed by atoms with Crippen molar-refractivity contribution in [2.75, 3.05) is 13.1 Å². The number of rotatable bonds is 1. The molecule has 2 aliphatic heterocycles. The van der Waals surface area contributed by atoms with Crippen LogP contribution < -0.4 is 10.9 Å². The standard InChI is InChI=1S/C14H19N3O2/c1-16-6-4-10(8-13(16)18)14(19)17-7-5-11-2-3-12(9-17)15-11/h4,6,8,11-12,15H,2-3,5,7,9H2,1H3. The molecule has 5 nitrogen and oxygen atoms in total. The van der Waals surface area contributed by atoms with E-state index in [1.165, 1.54) is 17.1 Å². The number of fused-ring (bicyclic) bond motifs is 2. The summed E-state index contributed by atoms with van der Waals surface area (Å²) >= 11 is 0. The van der Waals surface area contributed by atoms with Crippen LogP contribution >= 0.6 is 0 Å². The molecular weight excluding hydrogens is 242 g/mol. The maximum absolute atomic E-state index is 12.4. The third-order valence-electron chi connectivity index (χ3n) is 4.16. The van der Waals surface area contributed by atoms with E-state index in [-0.39, 0.29) is 11.5 Å². The van der Waals surface area contributed by atoms with Gasteiger partial charge in [0.15, 0.2) is 0 Å². The smallest absolute Gasteiger partial charge is 0.254 e. The van der Waals surface area contributed by atoms with E-state index in [1.54, 1.807) is 19.3 Å². The Balaban J connectivity index is 1.79. The van der Waals surface area contributed by atoms with Gasteiger partial charge in [0, 0.05) is 50.0 Å². The van der Waals surface area contributed by atoms with Crippen LogP contribution in [0.1, 0.15) is 29.6 Å². The minimum Gasteiger partial charge on any atom is -0.337 e. The number of aromatic nitrogens is 1. The molecule has 2 atom stereocenters. The number of pyridine rings is 1. The minimum absolute atomic E-state index is 0.0212. The monoisotopic (exact) mass is 261 g/mol. The summed E-state index contributed by atoms with van der Waals surface area (Å²) in [6.07, 6.45) is 5.02. The fourth-order valence-corrected chi connectivity index (χ4v) is 2.99. The maximum atomic E-state index is 12.4. The van der Waals surface area contributed by atoms with Gasteiger partial charge >= 0.3 is 0 Å². The van der Waals surface area contributed by atoms with Crippen molar-refractivity contribution in [3.05, 3.63) is 34.2 Å². The Morgan fingerprint density at radius 2 is 2.11 bits per heavy atom. The van der Waals surface area contributed by atoms with Gasteiger partial charge in [0.2, 0.25) is 0 Å². The van der Waals surface area contributed by atoms with Gasteiger partial charge in [-0.2, -0.15) is 0 Å². The minimum atomic E-state index is -0.139. The summed E-state index contributed by atoms with van der Waals surface area (Å²) < 4.78 is 1.47. The first-order valence-electron chi connectivity index (χ1n) is 6.85. The predicted molar refractivity (Wildman–Crippen MR) is 72.1 cm³/mol. The normalized spacial score (nSPS) is 26.3. The number of carbonyl (C=O) groups excluding carboxylic acids is 1. The lowest BCUT2D eigenvalue weighted by Crippen LogP contribution is -2.39. The Bertz CT molecular complexity index is 552. The van der Waals surface area contributed by atoms with Gasteiger partial charge in [0.1, 0.15) is 0 Å². The molecule has 1 aromatic rings. The Labute approximate surface area is 112 Å². The van der Waals surface area contributed by atoms with E-state index in [0.717, 1.165) is 25.9 Å². The first kappa shape index (κ1) is 12.4. The van der Waals surface area contributed by atoms with Crippen LogP contribution in [0.25, 0.3) is 0 Å². The summed E-state index contributed by atoms with van der Waals surface area (Å²) in [5.74, 6) is -0.0212. The molecule has 0 radical (unpaired) electrons. The van der Waals surface area contributed by atoms with Gasteiger partial charge in [-0.15, -0.1) is 0 Å². The molecule has 2 aliphatic rings. The van der Waals surface area contributed by atoms with Crippen LogP contribution in [0.4, 0.5) is 0 Å². The number of nitrogens with one attached hydrogen (secondary N) is 1. The molecule has 1 amide bonds. The molecule has 19 heavy (non-hydrogen) atoms. The number of likely N-dealkylation sites (tertiary alicyclic amines) is 1. The molecule has 2 saturated heterocycles. The molecule has 0 aromatic carbocycles. The van der Waals surface area contributed by atoms with Crippen molar-refractivity contribution >= 4 is 5.91 Å². The van der Waals surface area contributed by atoms with Gasteiger partial charge in [-0.3, -0.25) is 9.59 Å². The lowest BCUT2D eigenvalue weighted by atomic mass is 10.1. The van der Waals surface area contributed by atoms with Gasteiger partial charge in [0.25, 0.3) is 11.5 Å². The van der Waals surface area contributed by atoms with Crippen LogP contribution in [0.5, 0.6) is 0 Å². The summed E-state index contributed by atoms with van der Waals surface area (Å²) in [6, 6.07) is 4.13.